The molecule has 2 amide bonds. The number of anilines is 1. The number of hydrogen-bond donors (Lipinski definition) is 1. The number of nitrogens with one attached hydrogen (secondary N) is 1. The van der Waals surface area contributed by atoms with E-state index < -0.39 is 5.54 Å². The Morgan fingerprint density at radius 2 is 1.90 bits per heavy atom. The van der Waals surface area contributed by atoms with Crippen LogP contribution in [-0.2, 0) is 9.59 Å². The van der Waals surface area contributed by atoms with Gasteiger partial charge in [0.1, 0.15) is 5.54 Å². The highest BCUT2D eigenvalue weighted by atomic mass is 16.2. The van der Waals surface area contributed by atoms with Crippen molar-refractivity contribution in [2.75, 3.05) is 11.4 Å². The second-order valence-corrected chi connectivity index (χ2v) is 6.10. The van der Waals surface area contributed by atoms with Gasteiger partial charge in [0.05, 0.1) is 11.4 Å². The van der Waals surface area contributed by atoms with Crippen LogP contribution in [0, 0.1) is 13.8 Å². The van der Waals surface area contributed by atoms with Crippen molar-refractivity contribution in [3.05, 3.63) is 23.5 Å². The van der Waals surface area contributed by atoms with Crippen molar-refractivity contribution in [3.63, 3.8) is 0 Å². The third-order valence-electron chi connectivity index (χ3n) is 4.54. The number of amides is 2. The van der Waals surface area contributed by atoms with E-state index in [1.54, 1.807) is 4.90 Å². The van der Waals surface area contributed by atoms with Crippen LogP contribution >= 0.6 is 0 Å². The van der Waals surface area contributed by atoms with Crippen molar-refractivity contribution in [1.82, 2.24) is 10.3 Å². The molecule has 1 aromatic rings. The van der Waals surface area contributed by atoms with Crippen LogP contribution in [0.2, 0.25) is 0 Å². The maximum Gasteiger partial charge on any atom is 0.252 e. The Balaban J connectivity index is 2.00. The van der Waals surface area contributed by atoms with Gasteiger partial charge in [-0.2, -0.15) is 0 Å². The van der Waals surface area contributed by atoms with Crippen LogP contribution in [0.15, 0.2) is 12.1 Å². The molecule has 1 N–H and O–H groups in total. The first-order chi connectivity index (χ1) is 10.0. The second kappa shape index (κ2) is 5.13. The zero-order chi connectivity index (χ0) is 15.0. The molecule has 2 fully saturated rings. The van der Waals surface area contributed by atoms with E-state index in [1.165, 1.54) is 0 Å². The largest absolute Gasteiger partial charge is 0.342 e. The first-order valence-electron chi connectivity index (χ1n) is 7.59. The van der Waals surface area contributed by atoms with Gasteiger partial charge in [-0.25, -0.2) is 0 Å². The molecule has 0 aromatic carbocycles. The van der Waals surface area contributed by atoms with E-state index in [4.69, 9.17) is 0 Å². The van der Waals surface area contributed by atoms with Gasteiger partial charge in [-0.15, -0.1) is 0 Å². The lowest BCUT2D eigenvalue weighted by Gasteiger charge is -2.32. The van der Waals surface area contributed by atoms with E-state index in [9.17, 15) is 9.59 Å². The molecule has 5 nitrogen and oxygen atoms in total. The molecule has 1 saturated carbocycles. The van der Waals surface area contributed by atoms with Crippen molar-refractivity contribution in [3.8, 4) is 0 Å². The summed E-state index contributed by atoms with van der Waals surface area (Å²) in [6.45, 7) is 4.28. The molecule has 5 heteroatoms. The topological polar surface area (TPSA) is 62.3 Å². The Kier molecular flexibility index (Phi) is 3.43. The number of rotatable bonds is 1. The molecule has 0 unspecified atom stereocenters. The van der Waals surface area contributed by atoms with Crippen molar-refractivity contribution >= 4 is 17.5 Å². The molecule has 2 aliphatic rings. The number of nitrogens with zero attached hydrogens (tertiary/aromatic N) is 2. The van der Waals surface area contributed by atoms with E-state index >= 15 is 0 Å². The molecule has 0 atom stereocenters. The number of carbonyl (C=O) groups is 2. The molecule has 112 valence electrons. The highest BCUT2D eigenvalue weighted by Crippen LogP contribution is 2.35. The quantitative estimate of drug-likeness (QED) is 0.857. The Labute approximate surface area is 124 Å². The average Bonchev–Trinajstić information content (AvgIpc) is 2.85. The molecule has 0 bridgehead atoms. The third-order valence-corrected chi connectivity index (χ3v) is 4.54. The number of pyridine rings is 1. The lowest BCUT2D eigenvalue weighted by molar-refractivity contribution is -0.129. The van der Waals surface area contributed by atoms with E-state index in [1.807, 2.05) is 26.0 Å². The smallest absolute Gasteiger partial charge is 0.252 e. The molecule has 21 heavy (non-hydrogen) atoms. The summed E-state index contributed by atoms with van der Waals surface area (Å²) in [4.78, 5) is 31.2. The van der Waals surface area contributed by atoms with Crippen molar-refractivity contribution in [2.24, 2.45) is 0 Å². The Hall–Kier alpha value is -1.91. The van der Waals surface area contributed by atoms with E-state index in [-0.39, 0.29) is 11.8 Å². The first-order valence-corrected chi connectivity index (χ1v) is 7.59. The third kappa shape index (κ3) is 2.41. The number of hydrogen-bond acceptors (Lipinski definition) is 3. The van der Waals surface area contributed by atoms with Gasteiger partial charge in [0.2, 0.25) is 5.91 Å². The fraction of sp³-hybridized carbons (Fsp3) is 0.562. The molecule has 2 heterocycles. The average molecular weight is 287 g/mol. The lowest BCUT2D eigenvalue weighted by atomic mass is 9.95. The minimum Gasteiger partial charge on any atom is -0.342 e. The number of carbonyl (C=O) groups excluding carboxylic acids is 2. The van der Waals surface area contributed by atoms with Gasteiger partial charge in [0.15, 0.2) is 0 Å². The Morgan fingerprint density at radius 3 is 2.57 bits per heavy atom. The molecule has 0 radical (unpaired) electrons. The van der Waals surface area contributed by atoms with Gasteiger partial charge in [-0.05, 0) is 38.8 Å². The second-order valence-electron chi connectivity index (χ2n) is 6.10. The van der Waals surface area contributed by atoms with Gasteiger partial charge in [0, 0.05) is 18.7 Å². The molecular weight excluding hydrogens is 266 g/mol. The minimum atomic E-state index is -0.690. The molecule has 1 saturated heterocycles. The van der Waals surface area contributed by atoms with Crippen LogP contribution in [0.4, 0.5) is 5.69 Å². The standard InChI is InChI=1S/C16H21N3O2/c1-11-5-6-13(12(2)17-11)19-10-7-14(20)18-16(15(19)21)8-3-4-9-16/h5-6H,3-4,7-10H2,1-2H3,(H,18,20). The van der Waals surface area contributed by atoms with Crippen LogP contribution in [0.1, 0.15) is 43.5 Å². The van der Waals surface area contributed by atoms with Crippen LogP contribution in [-0.4, -0.2) is 28.9 Å². The zero-order valence-electron chi connectivity index (χ0n) is 12.6. The molecular formula is C16H21N3O2. The first kappa shape index (κ1) is 14.0. The molecule has 1 spiro atoms. The predicted octanol–water partition coefficient (Wildman–Crippen LogP) is 1.86. The summed E-state index contributed by atoms with van der Waals surface area (Å²) in [5.74, 6) is 0.00470. The lowest BCUT2D eigenvalue weighted by Crippen LogP contribution is -2.55. The highest BCUT2D eigenvalue weighted by Gasteiger charge is 2.46. The summed E-state index contributed by atoms with van der Waals surface area (Å²) in [5.41, 5.74) is 1.91. The summed E-state index contributed by atoms with van der Waals surface area (Å²) in [5, 5.41) is 2.98. The normalized spacial score (nSPS) is 21.5. The molecule has 1 aliphatic heterocycles. The van der Waals surface area contributed by atoms with E-state index in [0.717, 1.165) is 42.8 Å². The summed E-state index contributed by atoms with van der Waals surface area (Å²) in [7, 11) is 0. The van der Waals surface area contributed by atoms with Gasteiger partial charge < -0.3 is 10.2 Å². The van der Waals surface area contributed by atoms with Crippen LogP contribution in [0.3, 0.4) is 0 Å². The fourth-order valence-electron chi connectivity index (χ4n) is 3.47. The van der Waals surface area contributed by atoms with Gasteiger partial charge in [-0.3, -0.25) is 14.6 Å². The van der Waals surface area contributed by atoms with E-state index in [2.05, 4.69) is 10.3 Å². The van der Waals surface area contributed by atoms with Crippen molar-refractivity contribution < 1.29 is 9.59 Å². The molecule has 3 rings (SSSR count). The number of aryl methyl sites for hydroxylation is 2. The van der Waals surface area contributed by atoms with Crippen LogP contribution < -0.4 is 10.2 Å². The van der Waals surface area contributed by atoms with Crippen molar-refractivity contribution in [1.29, 1.82) is 0 Å². The minimum absolute atomic E-state index is 0.0227. The molecule has 1 aromatic heterocycles. The highest BCUT2D eigenvalue weighted by molar-refractivity contribution is 6.04. The van der Waals surface area contributed by atoms with Gasteiger partial charge in [0.25, 0.3) is 5.91 Å². The van der Waals surface area contributed by atoms with Gasteiger partial charge >= 0.3 is 0 Å². The summed E-state index contributed by atoms with van der Waals surface area (Å²) < 4.78 is 0. The number of aromatic nitrogens is 1. The van der Waals surface area contributed by atoms with Crippen LogP contribution in [0.5, 0.6) is 0 Å². The Bertz CT molecular complexity index is 591. The van der Waals surface area contributed by atoms with Gasteiger partial charge in [-0.1, -0.05) is 12.8 Å². The SMILES string of the molecule is Cc1ccc(N2CCC(=O)NC3(CCCC3)C2=O)c(C)n1. The van der Waals surface area contributed by atoms with E-state index in [0.29, 0.717) is 13.0 Å². The maximum absolute atomic E-state index is 13.0. The summed E-state index contributed by atoms with van der Waals surface area (Å²) >= 11 is 0. The van der Waals surface area contributed by atoms with Crippen molar-refractivity contribution in [2.45, 2.75) is 51.5 Å². The fourth-order valence-corrected chi connectivity index (χ4v) is 3.47. The Morgan fingerprint density at radius 1 is 1.19 bits per heavy atom. The predicted molar refractivity (Wildman–Crippen MR) is 80.0 cm³/mol. The zero-order valence-corrected chi connectivity index (χ0v) is 12.6. The summed E-state index contributed by atoms with van der Waals surface area (Å²) in [6, 6.07) is 3.85. The summed E-state index contributed by atoms with van der Waals surface area (Å²) in [6.07, 6.45) is 3.82. The van der Waals surface area contributed by atoms with Crippen LogP contribution in [0.25, 0.3) is 0 Å². The monoisotopic (exact) mass is 287 g/mol. The molecule has 1 aliphatic carbocycles. The maximum atomic E-state index is 13.0.